The maximum Gasteiger partial charge on any atom is 0.309 e. The third-order valence-electron chi connectivity index (χ3n) is 3.21. The summed E-state index contributed by atoms with van der Waals surface area (Å²) in [6.45, 7) is 1.77. The highest BCUT2D eigenvalue weighted by Gasteiger charge is 2.16. The van der Waals surface area contributed by atoms with Gasteiger partial charge in [0.1, 0.15) is 0 Å². The summed E-state index contributed by atoms with van der Waals surface area (Å²) in [6, 6.07) is 5.49. The van der Waals surface area contributed by atoms with Crippen molar-refractivity contribution in [3.63, 3.8) is 0 Å². The van der Waals surface area contributed by atoms with Crippen LogP contribution < -0.4 is 15.8 Å². The molecule has 0 heterocycles. The molecule has 1 atom stereocenters. The van der Waals surface area contributed by atoms with Crippen LogP contribution in [0.4, 0.5) is 0 Å². The van der Waals surface area contributed by atoms with Crippen LogP contribution in [0.15, 0.2) is 29.2 Å². The van der Waals surface area contributed by atoms with Crippen LogP contribution in [0, 0.1) is 0 Å². The molecule has 2 amide bonds. The second-order valence-electron chi connectivity index (χ2n) is 4.96. The number of carbonyl (C=O) groups excluding carboxylic acids is 2. The van der Waals surface area contributed by atoms with Crippen LogP contribution in [-0.2, 0) is 26.0 Å². The van der Waals surface area contributed by atoms with Crippen molar-refractivity contribution in [3.8, 4) is 0 Å². The molecule has 0 aliphatic rings. The zero-order valence-corrected chi connectivity index (χ0v) is 13.6. The summed E-state index contributed by atoms with van der Waals surface area (Å²) in [5.41, 5.74) is 0.792. The highest BCUT2D eigenvalue weighted by Crippen LogP contribution is 2.08. The Hall–Kier alpha value is -1.97. The largest absolute Gasteiger partial charge is 0.394 e. The fourth-order valence-corrected chi connectivity index (χ4v) is 2.29. The summed E-state index contributed by atoms with van der Waals surface area (Å²) in [5.74, 6) is -1.58. The maximum atomic E-state index is 11.6. The lowest BCUT2D eigenvalue weighted by Crippen LogP contribution is -2.46. The number of primary sulfonamides is 1. The molecule has 23 heavy (non-hydrogen) atoms. The average Bonchev–Trinajstić information content (AvgIpc) is 2.51. The van der Waals surface area contributed by atoms with Crippen LogP contribution in [0.1, 0.15) is 18.9 Å². The molecule has 8 nitrogen and oxygen atoms in total. The van der Waals surface area contributed by atoms with E-state index in [4.69, 9.17) is 10.2 Å². The van der Waals surface area contributed by atoms with Gasteiger partial charge < -0.3 is 15.7 Å². The summed E-state index contributed by atoms with van der Waals surface area (Å²) < 4.78 is 22.2. The van der Waals surface area contributed by atoms with Gasteiger partial charge >= 0.3 is 11.8 Å². The van der Waals surface area contributed by atoms with Gasteiger partial charge in [0.05, 0.1) is 17.5 Å². The van der Waals surface area contributed by atoms with Gasteiger partial charge in [0.2, 0.25) is 10.0 Å². The average molecular weight is 343 g/mol. The van der Waals surface area contributed by atoms with E-state index < -0.39 is 27.9 Å². The molecule has 0 saturated heterocycles. The highest BCUT2D eigenvalue weighted by molar-refractivity contribution is 7.89. The molecule has 5 N–H and O–H groups in total. The maximum absolute atomic E-state index is 11.6. The first-order valence-electron chi connectivity index (χ1n) is 7.09. The van der Waals surface area contributed by atoms with Crippen molar-refractivity contribution in [2.75, 3.05) is 13.2 Å². The number of carbonyl (C=O) groups is 2. The number of amides is 2. The Morgan fingerprint density at radius 1 is 1.22 bits per heavy atom. The number of nitrogens with two attached hydrogens (primary N) is 1. The summed E-state index contributed by atoms with van der Waals surface area (Å²) >= 11 is 0. The van der Waals surface area contributed by atoms with E-state index in [1.807, 2.05) is 0 Å². The predicted octanol–water partition coefficient (Wildman–Crippen LogP) is -1.12. The second kappa shape index (κ2) is 8.61. The lowest BCUT2D eigenvalue weighted by atomic mass is 10.1. The molecule has 0 aliphatic carbocycles. The van der Waals surface area contributed by atoms with Gasteiger partial charge in [0.25, 0.3) is 0 Å². The molecule has 0 saturated carbocycles. The fraction of sp³-hybridized carbons (Fsp3) is 0.429. The highest BCUT2D eigenvalue weighted by atomic mass is 32.2. The van der Waals surface area contributed by atoms with E-state index in [9.17, 15) is 18.0 Å². The molecule has 0 fully saturated rings. The standard InChI is InChI=1S/C14H21N3O5S/c1-2-11(9-18)17-14(20)13(19)16-8-7-10-3-5-12(6-4-10)23(15,21)22/h3-6,11,18H,2,7-9H2,1H3,(H,16,19)(H,17,20)(H2,15,21,22). The Morgan fingerprint density at radius 2 is 1.83 bits per heavy atom. The molecule has 1 unspecified atom stereocenters. The van der Waals surface area contributed by atoms with E-state index >= 15 is 0 Å². The molecule has 1 aromatic rings. The Morgan fingerprint density at radius 3 is 2.30 bits per heavy atom. The SMILES string of the molecule is CCC(CO)NC(=O)C(=O)NCCc1ccc(S(N)(=O)=O)cc1. The molecule has 1 rings (SSSR count). The summed E-state index contributed by atoms with van der Waals surface area (Å²) in [5, 5.41) is 18.8. The van der Waals surface area contributed by atoms with Gasteiger partial charge in [-0.2, -0.15) is 0 Å². The lowest BCUT2D eigenvalue weighted by Gasteiger charge is -2.13. The van der Waals surface area contributed by atoms with Crippen LogP contribution in [0.25, 0.3) is 0 Å². The normalized spacial score (nSPS) is 12.5. The number of hydrogen-bond acceptors (Lipinski definition) is 5. The zero-order chi connectivity index (χ0) is 17.5. The van der Waals surface area contributed by atoms with Gasteiger partial charge in [-0.15, -0.1) is 0 Å². The molecule has 0 spiro atoms. The van der Waals surface area contributed by atoms with Gasteiger partial charge in [0, 0.05) is 6.54 Å². The van der Waals surface area contributed by atoms with Crippen molar-refractivity contribution in [1.29, 1.82) is 0 Å². The minimum atomic E-state index is -3.72. The fourth-order valence-electron chi connectivity index (χ4n) is 1.77. The first-order chi connectivity index (χ1) is 10.8. The predicted molar refractivity (Wildman–Crippen MR) is 83.8 cm³/mol. The van der Waals surface area contributed by atoms with Crippen molar-refractivity contribution in [3.05, 3.63) is 29.8 Å². The number of aliphatic hydroxyl groups is 1. The third-order valence-corrected chi connectivity index (χ3v) is 4.13. The molecule has 0 bridgehead atoms. The van der Waals surface area contributed by atoms with Crippen molar-refractivity contribution < 1.29 is 23.1 Å². The molecule has 1 aromatic carbocycles. The minimum Gasteiger partial charge on any atom is -0.394 e. The van der Waals surface area contributed by atoms with Gasteiger partial charge in [-0.1, -0.05) is 19.1 Å². The number of hydrogen-bond donors (Lipinski definition) is 4. The van der Waals surface area contributed by atoms with E-state index in [0.29, 0.717) is 12.8 Å². The van der Waals surface area contributed by atoms with Crippen LogP contribution in [0.3, 0.4) is 0 Å². The number of aliphatic hydroxyl groups excluding tert-OH is 1. The Kier molecular flexibility index (Phi) is 7.14. The molecular formula is C14H21N3O5S. The van der Waals surface area contributed by atoms with Gasteiger partial charge in [0.15, 0.2) is 0 Å². The van der Waals surface area contributed by atoms with Crippen LogP contribution in [0.2, 0.25) is 0 Å². The van der Waals surface area contributed by atoms with E-state index in [1.165, 1.54) is 12.1 Å². The third kappa shape index (κ3) is 6.35. The topological polar surface area (TPSA) is 139 Å². The van der Waals surface area contributed by atoms with Crippen molar-refractivity contribution in [2.45, 2.75) is 30.7 Å². The second-order valence-corrected chi connectivity index (χ2v) is 6.52. The Labute approximate surface area is 135 Å². The quantitative estimate of drug-likeness (QED) is 0.465. The van der Waals surface area contributed by atoms with E-state index in [-0.39, 0.29) is 18.0 Å². The molecule has 0 radical (unpaired) electrons. The summed E-state index contributed by atoms with van der Waals surface area (Å²) in [7, 11) is -3.72. The van der Waals surface area contributed by atoms with Gasteiger partial charge in [-0.25, -0.2) is 13.6 Å². The lowest BCUT2D eigenvalue weighted by molar-refractivity contribution is -0.139. The van der Waals surface area contributed by atoms with Gasteiger partial charge in [-0.05, 0) is 30.5 Å². The van der Waals surface area contributed by atoms with Gasteiger partial charge in [-0.3, -0.25) is 9.59 Å². The van der Waals surface area contributed by atoms with Crippen molar-refractivity contribution >= 4 is 21.8 Å². The zero-order valence-electron chi connectivity index (χ0n) is 12.8. The van der Waals surface area contributed by atoms with Crippen molar-refractivity contribution in [1.82, 2.24) is 10.6 Å². The van der Waals surface area contributed by atoms with E-state index in [2.05, 4.69) is 10.6 Å². The number of sulfonamides is 1. The summed E-state index contributed by atoms with van der Waals surface area (Å²) in [4.78, 5) is 23.2. The molecule has 0 aromatic heterocycles. The number of nitrogens with one attached hydrogen (secondary N) is 2. The van der Waals surface area contributed by atoms with E-state index in [0.717, 1.165) is 5.56 Å². The first kappa shape index (κ1) is 19.1. The summed E-state index contributed by atoms with van der Waals surface area (Å²) in [6.07, 6.45) is 0.951. The minimum absolute atomic E-state index is 0.0132. The molecular weight excluding hydrogens is 322 g/mol. The Bertz CT molecular complexity index is 639. The van der Waals surface area contributed by atoms with Crippen LogP contribution in [-0.4, -0.2) is 44.5 Å². The first-order valence-corrected chi connectivity index (χ1v) is 8.63. The van der Waals surface area contributed by atoms with E-state index in [1.54, 1.807) is 19.1 Å². The Balaban J connectivity index is 2.44. The molecule has 128 valence electrons. The molecule has 9 heteroatoms. The van der Waals surface area contributed by atoms with Crippen LogP contribution in [0.5, 0.6) is 0 Å². The number of rotatable bonds is 7. The monoisotopic (exact) mass is 343 g/mol. The van der Waals surface area contributed by atoms with Crippen LogP contribution >= 0.6 is 0 Å². The number of benzene rings is 1. The molecule has 0 aliphatic heterocycles. The van der Waals surface area contributed by atoms with Crippen molar-refractivity contribution in [2.24, 2.45) is 5.14 Å². The smallest absolute Gasteiger partial charge is 0.309 e.